The van der Waals surface area contributed by atoms with E-state index in [0.717, 1.165) is 57.0 Å². The van der Waals surface area contributed by atoms with Crippen molar-refractivity contribution in [1.82, 2.24) is 19.9 Å². The standard InChI is InChI=1S/C26H33N5O2/c1-6-19-17-27-23(28-19)24(32)29-20-7-8-21(26(4,5)31-13-15-33-16-14-31)30-22(20)18-9-11-25(2,3)12-10-18/h1,7-9,17H,10-16H2,2-5H3,(H,27,28)(H,29,32). The monoisotopic (exact) mass is 447 g/mol. The van der Waals surface area contributed by atoms with Crippen molar-refractivity contribution in [2.24, 2.45) is 5.41 Å². The van der Waals surface area contributed by atoms with Gasteiger partial charge in [-0.15, -0.1) is 6.42 Å². The summed E-state index contributed by atoms with van der Waals surface area (Å²) in [5.41, 5.74) is 4.17. The predicted octanol–water partition coefficient (Wildman–Crippen LogP) is 4.20. The number of hydrogen-bond donors (Lipinski definition) is 2. The van der Waals surface area contributed by atoms with Gasteiger partial charge in [0, 0.05) is 13.1 Å². The molecule has 1 saturated heterocycles. The van der Waals surface area contributed by atoms with E-state index in [-0.39, 0.29) is 22.7 Å². The Hall–Kier alpha value is -2.95. The number of carbonyl (C=O) groups excluding carboxylic acids is 1. The van der Waals surface area contributed by atoms with Gasteiger partial charge in [0.15, 0.2) is 5.82 Å². The van der Waals surface area contributed by atoms with Gasteiger partial charge in [-0.1, -0.05) is 25.8 Å². The van der Waals surface area contributed by atoms with E-state index in [1.54, 1.807) is 0 Å². The van der Waals surface area contributed by atoms with E-state index in [2.05, 4.69) is 59.9 Å². The van der Waals surface area contributed by atoms with Gasteiger partial charge >= 0.3 is 0 Å². The number of terminal acetylenes is 1. The molecule has 0 unspecified atom stereocenters. The molecule has 1 amide bonds. The van der Waals surface area contributed by atoms with Crippen molar-refractivity contribution < 1.29 is 9.53 Å². The zero-order valence-corrected chi connectivity index (χ0v) is 20.0. The lowest BCUT2D eigenvalue weighted by Crippen LogP contribution is -2.48. The Balaban J connectivity index is 1.69. The van der Waals surface area contributed by atoms with E-state index < -0.39 is 0 Å². The first kappa shape index (κ1) is 23.2. The molecule has 0 saturated carbocycles. The number of morpholine rings is 1. The number of aromatic nitrogens is 3. The van der Waals surface area contributed by atoms with Gasteiger partial charge in [-0.3, -0.25) is 9.69 Å². The maximum Gasteiger partial charge on any atom is 0.291 e. The highest BCUT2D eigenvalue weighted by atomic mass is 16.5. The summed E-state index contributed by atoms with van der Waals surface area (Å²) in [7, 11) is 0. The van der Waals surface area contributed by atoms with Crippen molar-refractivity contribution in [2.45, 2.75) is 52.5 Å². The number of pyridine rings is 1. The molecule has 0 atom stereocenters. The molecule has 4 rings (SSSR count). The average molecular weight is 448 g/mol. The molecule has 3 heterocycles. The van der Waals surface area contributed by atoms with Crippen LogP contribution in [0, 0.1) is 17.8 Å². The molecule has 0 radical (unpaired) electrons. The van der Waals surface area contributed by atoms with Gasteiger partial charge < -0.3 is 15.0 Å². The van der Waals surface area contributed by atoms with Crippen LogP contribution in [0.15, 0.2) is 24.4 Å². The Bertz CT molecular complexity index is 1100. The smallest absolute Gasteiger partial charge is 0.291 e. The molecule has 1 fully saturated rings. The minimum absolute atomic E-state index is 0.186. The second-order valence-corrected chi connectivity index (χ2v) is 10.1. The topological polar surface area (TPSA) is 83.1 Å². The van der Waals surface area contributed by atoms with E-state index in [1.807, 2.05) is 12.1 Å². The van der Waals surface area contributed by atoms with E-state index in [1.165, 1.54) is 11.8 Å². The Kier molecular flexibility index (Phi) is 6.42. The molecular formula is C26H33N5O2. The number of hydrogen-bond acceptors (Lipinski definition) is 5. The van der Waals surface area contributed by atoms with Gasteiger partial charge in [0.05, 0.1) is 42.0 Å². The number of carbonyl (C=O) groups is 1. The lowest BCUT2D eigenvalue weighted by atomic mass is 9.77. The van der Waals surface area contributed by atoms with Crippen LogP contribution in [-0.2, 0) is 10.3 Å². The van der Waals surface area contributed by atoms with Crippen molar-refractivity contribution in [3.05, 3.63) is 47.3 Å². The first-order chi connectivity index (χ1) is 15.7. The SMILES string of the molecule is C#Cc1cnc(C(=O)Nc2ccc(C(C)(C)N3CCOCC3)nc2C2=CCC(C)(C)CC2)[nH]1. The van der Waals surface area contributed by atoms with Crippen molar-refractivity contribution >= 4 is 17.2 Å². The summed E-state index contributed by atoms with van der Waals surface area (Å²) in [4.78, 5) is 27.4. The van der Waals surface area contributed by atoms with Crippen LogP contribution in [-0.4, -0.2) is 52.1 Å². The van der Waals surface area contributed by atoms with E-state index in [0.29, 0.717) is 11.4 Å². The van der Waals surface area contributed by atoms with Crippen LogP contribution >= 0.6 is 0 Å². The molecule has 2 aliphatic rings. The minimum Gasteiger partial charge on any atom is -0.379 e. The maximum atomic E-state index is 12.9. The summed E-state index contributed by atoms with van der Waals surface area (Å²) >= 11 is 0. The zero-order valence-electron chi connectivity index (χ0n) is 20.0. The predicted molar refractivity (Wildman–Crippen MR) is 130 cm³/mol. The van der Waals surface area contributed by atoms with E-state index in [4.69, 9.17) is 16.1 Å². The number of anilines is 1. The van der Waals surface area contributed by atoms with Gasteiger partial charge in [0.2, 0.25) is 0 Å². The molecule has 174 valence electrons. The molecule has 0 spiro atoms. The minimum atomic E-state index is -0.337. The first-order valence-corrected chi connectivity index (χ1v) is 11.6. The third kappa shape index (κ3) is 5.02. The summed E-state index contributed by atoms with van der Waals surface area (Å²) in [6, 6.07) is 3.97. The fraction of sp³-hybridized carbons (Fsp3) is 0.500. The quantitative estimate of drug-likeness (QED) is 0.672. The fourth-order valence-corrected chi connectivity index (χ4v) is 4.41. The van der Waals surface area contributed by atoms with Gasteiger partial charge in [0.1, 0.15) is 5.69 Å². The summed E-state index contributed by atoms with van der Waals surface area (Å²) < 4.78 is 5.54. The molecule has 2 aromatic heterocycles. The summed E-state index contributed by atoms with van der Waals surface area (Å²) in [5.74, 6) is 2.31. The van der Waals surface area contributed by atoms with E-state index >= 15 is 0 Å². The molecule has 7 nitrogen and oxygen atoms in total. The number of nitrogens with one attached hydrogen (secondary N) is 2. The molecular weight excluding hydrogens is 414 g/mol. The molecule has 33 heavy (non-hydrogen) atoms. The number of H-pyrrole nitrogens is 1. The highest BCUT2D eigenvalue weighted by molar-refractivity contribution is 6.03. The van der Waals surface area contributed by atoms with Crippen LogP contribution in [0.3, 0.4) is 0 Å². The number of amides is 1. The molecule has 1 aliphatic carbocycles. The molecule has 0 bridgehead atoms. The Morgan fingerprint density at radius 1 is 1.30 bits per heavy atom. The largest absolute Gasteiger partial charge is 0.379 e. The van der Waals surface area contributed by atoms with Crippen LogP contribution < -0.4 is 5.32 Å². The number of allylic oxidation sites excluding steroid dienone is 2. The molecule has 1 aliphatic heterocycles. The molecule has 2 N–H and O–H groups in total. The lowest BCUT2D eigenvalue weighted by molar-refractivity contribution is -0.0132. The Labute approximate surface area is 196 Å². The van der Waals surface area contributed by atoms with Crippen LogP contribution in [0.5, 0.6) is 0 Å². The highest BCUT2D eigenvalue weighted by Crippen LogP contribution is 2.40. The average Bonchev–Trinajstić information content (AvgIpc) is 3.30. The third-order valence-electron chi connectivity index (χ3n) is 6.79. The van der Waals surface area contributed by atoms with Crippen molar-refractivity contribution in [3.8, 4) is 12.3 Å². The second kappa shape index (κ2) is 9.12. The number of aromatic amines is 1. The molecule has 0 aromatic carbocycles. The number of ether oxygens (including phenoxy) is 1. The summed E-state index contributed by atoms with van der Waals surface area (Å²) in [5, 5.41) is 3.00. The highest BCUT2D eigenvalue weighted by Gasteiger charge is 2.33. The van der Waals surface area contributed by atoms with Crippen LogP contribution in [0.2, 0.25) is 0 Å². The number of nitrogens with zero attached hydrogens (tertiary/aromatic N) is 3. The number of rotatable bonds is 5. The Morgan fingerprint density at radius 3 is 2.70 bits per heavy atom. The van der Waals surface area contributed by atoms with Crippen molar-refractivity contribution in [2.75, 3.05) is 31.6 Å². The van der Waals surface area contributed by atoms with Gasteiger partial charge in [-0.2, -0.15) is 0 Å². The van der Waals surface area contributed by atoms with Crippen LogP contribution in [0.25, 0.3) is 5.57 Å². The molecule has 7 heteroatoms. The normalized spacial score (nSPS) is 18.9. The van der Waals surface area contributed by atoms with Gasteiger partial charge in [0.25, 0.3) is 5.91 Å². The third-order valence-corrected chi connectivity index (χ3v) is 6.79. The number of imidazole rings is 1. The molecule has 2 aromatic rings. The van der Waals surface area contributed by atoms with Crippen LogP contribution in [0.1, 0.15) is 74.7 Å². The van der Waals surface area contributed by atoms with Crippen molar-refractivity contribution in [3.63, 3.8) is 0 Å². The summed E-state index contributed by atoms with van der Waals surface area (Å²) in [6.45, 7) is 12.2. The Morgan fingerprint density at radius 2 is 2.06 bits per heavy atom. The van der Waals surface area contributed by atoms with Crippen LogP contribution in [0.4, 0.5) is 5.69 Å². The van der Waals surface area contributed by atoms with Gasteiger partial charge in [-0.25, -0.2) is 9.97 Å². The van der Waals surface area contributed by atoms with Crippen molar-refractivity contribution in [1.29, 1.82) is 0 Å². The maximum absolute atomic E-state index is 12.9. The summed E-state index contributed by atoms with van der Waals surface area (Å²) in [6.07, 6.45) is 12.1. The van der Waals surface area contributed by atoms with Gasteiger partial charge in [-0.05, 0) is 56.2 Å². The first-order valence-electron chi connectivity index (χ1n) is 11.6. The van der Waals surface area contributed by atoms with E-state index in [9.17, 15) is 4.79 Å². The second-order valence-electron chi connectivity index (χ2n) is 10.1. The lowest BCUT2D eigenvalue weighted by Gasteiger charge is -2.40. The fourth-order valence-electron chi connectivity index (χ4n) is 4.41. The zero-order chi connectivity index (χ0) is 23.6.